The summed E-state index contributed by atoms with van der Waals surface area (Å²) in [5.41, 5.74) is 2.28. The average Bonchev–Trinajstić information content (AvgIpc) is 2.91. The SMILES string of the molecule is Cc1ccc(C(=O)NCc2cc(C#CCO)cs2)cn1. The van der Waals surface area contributed by atoms with Crippen LogP contribution in [0.25, 0.3) is 0 Å². The van der Waals surface area contributed by atoms with Gasteiger partial charge in [-0.25, -0.2) is 0 Å². The van der Waals surface area contributed by atoms with Crippen LogP contribution in [0.4, 0.5) is 0 Å². The molecular formula is C15H14N2O2S. The fraction of sp³-hybridized carbons (Fsp3) is 0.200. The van der Waals surface area contributed by atoms with Crippen molar-refractivity contribution in [3.05, 3.63) is 51.5 Å². The van der Waals surface area contributed by atoms with Crippen molar-refractivity contribution < 1.29 is 9.90 Å². The van der Waals surface area contributed by atoms with Crippen LogP contribution >= 0.6 is 11.3 Å². The fourth-order valence-electron chi connectivity index (χ4n) is 1.55. The van der Waals surface area contributed by atoms with Crippen LogP contribution in [0, 0.1) is 18.8 Å². The maximum atomic E-state index is 11.9. The van der Waals surface area contributed by atoms with Gasteiger partial charge in [0, 0.05) is 27.7 Å². The van der Waals surface area contributed by atoms with E-state index in [0.29, 0.717) is 12.1 Å². The largest absolute Gasteiger partial charge is 0.384 e. The standard InChI is InChI=1S/C15H14N2O2S/c1-11-4-5-13(8-16-11)15(19)17-9-14-7-12(10-20-14)3-2-6-18/h4-5,7-8,10,18H,6,9H2,1H3,(H,17,19). The van der Waals surface area contributed by atoms with E-state index in [1.165, 1.54) is 11.3 Å². The molecule has 0 bridgehead atoms. The Morgan fingerprint density at radius 2 is 2.35 bits per heavy atom. The van der Waals surface area contributed by atoms with Crippen molar-refractivity contribution in [3.8, 4) is 11.8 Å². The summed E-state index contributed by atoms with van der Waals surface area (Å²) in [7, 11) is 0. The number of carbonyl (C=O) groups excluding carboxylic acids is 1. The highest BCUT2D eigenvalue weighted by atomic mass is 32.1. The zero-order chi connectivity index (χ0) is 14.4. The molecule has 1 amide bonds. The van der Waals surface area contributed by atoms with Crippen molar-refractivity contribution in [3.63, 3.8) is 0 Å². The lowest BCUT2D eigenvalue weighted by molar-refractivity contribution is 0.0951. The lowest BCUT2D eigenvalue weighted by Gasteiger charge is -2.03. The minimum Gasteiger partial charge on any atom is -0.384 e. The van der Waals surface area contributed by atoms with Gasteiger partial charge in [0.15, 0.2) is 0 Å². The van der Waals surface area contributed by atoms with Gasteiger partial charge in [0.2, 0.25) is 0 Å². The lowest BCUT2D eigenvalue weighted by Crippen LogP contribution is -2.22. The number of pyridine rings is 1. The predicted octanol–water partition coefficient (Wildman–Crippen LogP) is 1.73. The summed E-state index contributed by atoms with van der Waals surface area (Å²) in [6.07, 6.45) is 1.57. The second kappa shape index (κ2) is 6.85. The van der Waals surface area contributed by atoms with E-state index in [2.05, 4.69) is 22.1 Å². The molecule has 4 nitrogen and oxygen atoms in total. The van der Waals surface area contributed by atoms with Gasteiger partial charge in [0.25, 0.3) is 5.91 Å². The highest BCUT2D eigenvalue weighted by Crippen LogP contribution is 2.13. The molecule has 0 atom stereocenters. The number of thiophene rings is 1. The highest BCUT2D eigenvalue weighted by Gasteiger charge is 2.06. The second-order valence-corrected chi connectivity index (χ2v) is 5.13. The minimum absolute atomic E-state index is 0.145. The zero-order valence-corrected chi connectivity index (χ0v) is 11.8. The van der Waals surface area contributed by atoms with Crippen molar-refractivity contribution in [2.75, 3.05) is 6.61 Å². The maximum absolute atomic E-state index is 11.9. The normalized spacial score (nSPS) is 9.70. The first-order valence-electron chi connectivity index (χ1n) is 6.07. The van der Waals surface area contributed by atoms with E-state index in [-0.39, 0.29) is 12.5 Å². The van der Waals surface area contributed by atoms with Crippen LogP contribution in [0.3, 0.4) is 0 Å². The molecule has 2 rings (SSSR count). The Balaban J connectivity index is 1.93. The average molecular weight is 286 g/mol. The van der Waals surface area contributed by atoms with Gasteiger partial charge in [-0.2, -0.15) is 0 Å². The predicted molar refractivity (Wildman–Crippen MR) is 78.4 cm³/mol. The number of rotatable bonds is 3. The summed E-state index contributed by atoms with van der Waals surface area (Å²) in [5, 5.41) is 13.4. The lowest BCUT2D eigenvalue weighted by atomic mass is 10.2. The molecule has 0 radical (unpaired) electrons. The first-order valence-corrected chi connectivity index (χ1v) is 6.95. The second-order valence-electron chi connectivity index (χ2n) is 4.13. The quantitative estimate of drug-likeness (QED) is 0.845. The van der Waals surface area contributed by atoms with E-state index in [0.717, 1.165) is 16.1 Å². The molecule has 0 saturated heterocycles. The molecule has 0 fully saturated rings. The number of nitrogens with one attached hydrogen (secondary N) is 1. The Kier molecular flexibility index (Phi) is 4.88. The number of aryl methyl sites for hydroxylation is 1. The Labute approximate surface area is 121 Å². The fourth-order valence-corrected chi connectivity index (χ4v) is 2.31. The van der Waals surface area contributed by atoms with E-state index in [4.69, 9.17) is 5.11 Å². The summed E-state index contributed by atoms with van der Waals surface area (Å²) >= 11 is 1.53. The Morgan fingerprint density at radius 1 is 1.50 bits per heavy atom. The highest BCUT2D eigenvalue weighted by molar-refractivity contribution is 7.10. The molecule has 0 aliphatic rings. The molecule has 0 spiro atoms. The van der Waals surface area contributed by atoms with Crippen molar-refractivity contribution in [1.82, 2.24) is 10.3 Å². The Morgan fingerprint density at radius 3 is 3.05 bits per heavy atom. The maximum Gasteiger partial charge on any atom is 0.253 e. The summed E-state index contributed by atoms with van der Waals surface area (Å²) in [6.45, 7) is 2.18. The number of amides is 1. The number of nitrogens with zero attached hydrogens (tertiary/aromatic N) is 1. The van der Waals surface area contributed by atoms with Crippen molar-refractivity contribution in [2.45, 2.75) is 13.5 Å². The van der Waals surface area contributed by atoms with Gasteiger partial charge in [-0.1, -0.05) is 11.8 Å². The molecule has 2 aromatic heterocycles. The van der Waals surface area contributed by atoms with Gasteiger partial charge in [0.05, 0.1) is 12.1 Å². The minimum atomic E-state index is -0.150. The third-order valence-corrected chi connectivity index (χ3v) is 3.50. The molecule has 0 aromatic carbocycles. The molecule has 2 heterocycles. The van der Waals surface area contributed by atoms with Crippen LogP contribution in [0.15, 0.2) is 29.8 Å². The third kappa shape index (κ3) is 3.92. The van der Waals surface area contributed by atoms with E-state index in [1.54, 1.807) is 12.3 Å². The molecule has 2 N–H and O–H groups in total. The molecule has 0 aliphatic carbocycles. The summed E-state index contributed by atoms with van der Waals surface area (Å²) in [5.74, 6) is 5.27. The number of aliphatic hydroxyl groups excluding tert-OH is 1. The molecular weight excluding hydrogens is 272 g/mol. The zero-order valence-electron chi connectivity index (χ0n) is 11.0. The van der Waals surface area contributed by atoms with Crippen LogP contribution in [0.1, 0.15) is 26.5 Å². The van der Waals surface area contributed by atoms with Crippen LogP contribution in [-0.4, -0.2) is 22.6 Å². The molecule has 20 heavy (non-hydrogen) atoms. The van der Waals surface area contributed by atoms with Crippen LogP contribution in [0.5, 0.6) is 0 Å². The van der Waals surface area contributed by atoms with E-state index < -0.39 is 0 Å². The van der Waals surface area contributed by atoms with Gasteiger partial charge in [-0.05, 0) is 25.1 Å². The number of aliphatic hydroxyl groups is 1. The summed E-state index contributed by atoms with van der Waals surface area (Å²) < 4.78 is 0. The molecule has 102 valence electrons. The molecule has 0 saturated carbocycles. The Hall–Kier alpha value is -2.16. The first-order chi connectivity index (χ1) is 9.69. The van der Waals surface area contributed by atoms with Gasteiger partial charge < -0.3 is 10.4 Å². The van der Waals surface area contributed by atoms with E-state index in [1.807, 2.05) is 24.4 Å². The van der Waals surface area contributed by atoms with Crippen molar-refractivity contribution >= 4 is 17.2 Å². The number of hydrogen-bond acceptors (Lipinski definition) is 4. The summed E-state index contributed by atoms with van der Waals surface area (Å²) in [6, 6.07) is 5.47. The van der Waals surface area contributed by atoms with E-state index >= 15 is 0 Å². The summed E-state index contributed by atoms with van der Waals surface area (Å²) in [4.78, 5) is 17.0. The monoisotopic (exact) mass is 286 g/mol. The van der Waals surface area contributed by atoms with E-state index in [9.17, 15) is 4.79 Å². The van der Waals surface area contributed by atoms with Gasteiger partial charge in [-0.15, -0.1) is 11.3 Å². The van der Waals surface area contributed by atoms with Crippen LogP contribution < -0.4 is 5.32 Å². The molecule has 0 aliphatic heterocycles. The van der Waals surface area contributed by atoms with Crippen molar-refractivity contribution in [1.29, 1.82) is 0 Å². The smallest absolute Gasteiger partial charge is 0.253 e. The first kappa shape index (κ1) is 14.3. The number of hydrogen-bond donors (Lipinski definition) is 2. The van der Waals surface area contributed by atoms with Crippen molar-refractivity contribution in [2.24, 2.45) is 0 Å². The molecule has 5 heteroatoms. The molecule has 0 unspecified atom stereocenters. The Bertz CT molecular complexity index is 651. The topological polar surface area (TPSA) is 62.2 Å². The molecule has 2 aromatic rings. The van der Waals surface area contributed by atoms with Crippen LogP contribution in [0.2, 0.25) is 0 Å². The van der Waals surface area contributed by atoms with Gasteiger partial charge in [0.1, 0.15) is 6.61 Å². The van der Waals surface area contributed by atoms with Gasteiger partial charge in [-0.3, -0.25) is 9.78 Å². The third-order valence-electron chi connectivity index (χ3n) is 2.56. The van der Waals surface area contributed by atoms with Gasteiger partial charge >= 0.3 is 0 Å². The number of carbonyl (C=O) groups is 1. The van der Waals surface area contributed by atoms with Crippen LogP contribution in [-0.2, 0) is 6.54 Å². The number of aromatic nitrogens is 1.